The highest BCUT2D eigenvalue weighted by Gasteiger charge is 2.24. The van der Waals surface area contributed by atoms with Crippen molar-refractivity contribution in [3.8, 4) is 11.5 Å². The Morgan fingerprint density at radius 1 is 1.21 bits per heavy atom. The highest BCUT2D eigenvalue weighted by molar-refractivity contribution is 5.86. The van der Waals surface area contributed by atoms with E-state index in [9.17, 15) is 4.79 Å². The number of para-hydroxylation sites is 1. The molecular formula is C22H24N2O4. The minimum absolute atomic E-state index is 0.0176. The zero-order valence-corrected chi connectivity index (χ0v) is 15.9. The van der Waals surface area contributed by atoms with Gasteiger partial charge < -0.3 is 24.5 Å². The Kier molecular flexibility index (Phi) is 5.48. The Labute approximate surface area is 163 Å². The van der Waals surface area contributed by atoms with E-state index < -0.39 is 0 Å². The van der Waals surface area contributed by atoms with Gasteiger partial charge in [0.1, 0.15) is 0 Å². The Bertz CT molecular complexity index is 966. The Morgan fingerprint density at radius 2 is 2.07 bits per heavy atom. The van der Waals surface area contributed by atoms with Gasteiger partial charge in [0.05, 0.1) is 0 Å². The number of benzene rings is 2. The molecule has 1 amide bonds. The number of carbonyl (C=O) groups is 1. The summed E-state index contributed by atoms with van der Waals surface area (Å²) in [6, 6.07) is 14.0. The van der Waals surface area contributed by atoms with E-state index in [2.05, 4.69) is 16.4 Å². The quantitative estimate of drug-likeness (QED) is 0.586. The summed E-state index contributed by atoms with van der Waals surface area (Å²) in [7, 11) is 1.66. The molecule has 0 aliphatic carbocycles. The standard InChI is InChI=1S/C22H24N2O4/c1-26-10-4-9-23-22(25)12-17(15-7-8-20-21(11-15)28-14-27-20)18-13-24-19-6-3-2-5-16(18)19/h2-3,5-8,11,13,17,24H,4,9-10,12,14H2,1H3,(H,23,25)/t17-/m1/s1. The van der Waals surface area contributed by atoms with Crippen molar-refractivity contribution in [3.63, 3.8) is 0 Å². The summed E-state index contributed by atoms with van der Waals surface area (Å²) in [5.41, 5.74) is 3.19. The largest absolute Gasteiger partial charge is 0.454 e. The number of ether oxygens (including phenoxy) is 3. The van der Waals surface area contributed by atoms with Gasteiger partial charge in [0.2, 0.25) is 12.7 Å². The van der Waals surface area contributed by atoms with Gasteiger partial charge in [-0.2, -0.15) is 0 Å². The molecule has 2 aromatic carbocycles. The van der Waals surface area contributed by atoms with Gasteiger partial charge >= 0.3 is 0 Å². The lowest BCUT2D eigenvalue weighted by atomic mass is 9.87. The third kappa shape index (κ3) is 3.82. The molecular weight excluding hydrogens is 356 g/mol. The number of fused-ring (bicyclic) bond motifs is 2. The predicted molar refractivity (Wildman–Crippen MR) is 107 cm³/mol. The van der Waals surface area contributed by atoms with Crippen molar-refractivity contribution in [2.75, 3.05) is 27.1 Å². The molecule has 4 rings (SSSR count). The van der Waals surface area contributed by atoms with Crippen LogP contribution in [0.5, 0.6) is 11.5 Å². The number of carbonyl (C=O) groups excluding carboxylic acids is 1. The van der Waals surface area contributed by atoms with Crippen molar-refractivity contribution >= 4 is 16.8 Å². The maximum atomic E-state index is 12.6. The monoisotopic (exact) mass is 380 g/mol. The van der Waals surface area contributed by atoms with Crippen LogP contribution in [0.4, 0.5) is 0 Å². The lowest BCUT2D eigenvalue weighted by molar-refractivity contribution is -0.121. The van der Waals surface area contributed by atoms with E-state index in [1.54, 1.807) is 7.11 Å². The van der Waals surface area contributed by atoms with Gasteiger partial charge in [0.25, 0.3) is 0 Å². The van der Waals surface area contributed by atoms with Crippen molar-refractivity contribution in [1.82, 2.24) is 10.3 Å². The first kappa shape index (κ1) is 18.4. The minimum Gasteiger partial charge on any atom is -0.454 e. The fraction of sp³-hybridized carbons (Fsp3) is 0.318. The van der Waals surface area contributed by atoms with E-state index in [0.29, 0.717) is 19.6 Å². The summed E-state index contributed by atoms with van der Waals surface area (Å²) in [5.74, 6) is 1.39. The van der Waals surface area contributed by atoms with Crippen LogP contribution >= 0.6 is 0 Å². The van der Waals surface area contributed by atoms with Crippen molar-refractivity contribution in [2.45, 2.75) is 18.8 Å². The fourth-order valence-electron chi connectivity index (χ4n) is 3.62. The molecule has 146 valence electrons. The normalized spacial score (nSPS) is 13.6. The first-order chi connectivity index (χ1) is 13.8. The SMILES string of the molecule is COCCCNC(=O)C[C@H](c1ccc2c(c1)OCO2)c1c[nH]c2ccccc12. The summed E-state index contributed by atoms with van der Waals surface area (Å²) in [4.78, 5) is 16.0. The summed E-state index contributed by atoms with van der Waals surface area (Å²) in [6.45, 7) is 1.47. The van der Waals surface area contributed by atoms with Crippen LogP contribution in [-0.4, -0.2) is 37.9 Å². The predicted octanol–water partition coefficient (Wildman–Crippen LogP) is 3.57. The topological polar surface area (TPSA) is 72.6 Å². The summed E-state index contributed by atoms with van der Waals surface area (Å²) < 4.78 is 16.0. The summed E-state index contributed by atoms with van der Waals surface area (Å²) in [5, 5.41) is 4.12. The molecule has 2 N–H and O–H groups in total. The maximum absolute atomic E-state index is 12.6. The third-order valence-corrected chi connectivity index (χ3v) is 5.03. The summed E-state index contributed by atoms with van der Waals surface area (Å²) >= 11 is 0. The van der Waals surface area contributed by atoms with Gasteiger partial charge in [-0.1, -0.05) is 24.3 Å². The molecule has 1 aliphatic rings. The first-order valence-electron chi connectivity index (χ1n) is 9.47. The number of amides is 1. The summed E-state index contributed by atoms with van der Waals surface area (Å²) in [6.07, 6.45) is 3.15. The van der Waals surface area contributed by atoms with E-state index in [1.807, 2.05) is 42.6 Å². The van der Waals surface area contributed by atoms with Gasteiger partial charge in [-0.25, -0.2) is 0 Å². The van der Waals surface area contributed by atoms with Crippen LogP contribution in [0.2, 0.25) is 0 Å². The second-order valence-corrected chi connectivity index (χ2v) is 6.86. The van der Waals surface area contributed by atoms with E-state index in [4.69, 9.17) is 14.2 Å². The molecule has 6 nitrogen and oxygen atoms in total. The van der Waals surface area contributed by atoms with Crippen molar-refractivity contribution in [2.24, 2.45) is 0 Å². The number of hydrogen-bond acceptors (Lipinski definition) is 4. The highest BCUT2D eigenvalue weighted by atomic mass is 16.7. The Hall–Kier alpha value is -2.99. The van der Waals surface area contributed by atoms with Crippen LogP contribution in [0, 0.1) is 0 Å². The van der Waals surface area contributed by atoms with Crippen LogP contribution in [-0.2, 0) is 9.53 Å². The first-order valence-corrected chi connectivity index (χ1v) is 9.47. The fourth-order valence-corrected chi connectivity index (χ4v) is 3.62. The molecule has 1 atom stereocenters. The molecule has 0 spiro atoms. The molecule has 3 aromatic rings. The van der Waals surface area contributed by atoms with Crippen LogP contribution in [0.1, 0.15) is 29.9 Å². The van der Waals surface area contributed by atoms with E-state index >= 15 is 0 Å². The molecule has 1 aromatic heterocycles. The zero-order valence-electron chi connectivity index (χ0n) is 15.9. The smallest absolute Gasteiger partial charge is 0.231 e. The molecule has 0 radical (unpaired) electrons. The molecule has 2 heterocycles. The Balaban J connectivity index is 1.62. The number of rotatable bonds is 8. The lowest BCUT2D eigenvalue weighted by Crippen LogP contribution is -2.27. The molecule has 6 heteroatoms. The number of methoxy groups -OCH3 is 1. The van der Waals surface area contributed by atoms with E-state index in [-0.39, 0.29) is 18.6 Å². The van der Waals surface area contributed by atoms with Crippen molar-refractivity contribution in [1.29, 1.82) is 0 Å². The van der Waals surface area contributed by atoms with Gasteiger partial charge in [-0.15, -0.1) is 0 Å². The maximum Gasteiger partial charge on any atom is 0.231 e. The van der Waals surface area contributed by atoms with Gasteiger partial charge in [-0.3, -0.25) is 4.79 Å². The van der Waals surface area contributed by atoms with E-state index in [1.165, 1.54) is 0 Å². The van der Waals surface area contributed by atoms with Crippen LogP contribution < -0.4 is 14.8 Å². The molecule has 1 aliphatic heterocycles. The van der Waals surface area contributed by atoms with Gasteiger partial charge in [-0.05, 0) is 35.7 Å². The van der Waals surface area contributed by atoms with E-state index in [0.717, 1.165) is 39.9 Å². The molecule has 0 unspecified atom stereocenters. The molecule has 28 heavy (non-hydrogen) atoms. The minimum atomic E-state index is -0.0897. The zero-order chi connectivity index (χ0) is 19.3. The molecule has 0 saturated carbocycles. The highest BCUT2D eigenvalue weighted by Crippen LogP contribution is 2.39. The number of aromatic nitrogens is 1. The number of aromatic amines is 1. The van der Waals surface area contributed by atoms with Crippen molar-refractivity contribution < 1.29 is 19.0 Å². The van der Waals surface area contributed by atoms with Crippen molar-refractivity contribution in [3.05, 3.63) is 59.8 Å². The van der Waals surface area contributed by atoms with Gasteiger partial charge in [0, 0.05) is 49.7 Å². The van der Waals surface area contributed by atoms with Crippen LogP contribution in [0.3, 0.4) is 0 Å². The second-order valence-electron chi connectivity index (χ2n) is 6.86. The second kappa shape index (κ2) is 8.35. The van der Waals surface area contributed by atoms with Gasteiger partial charge in [0.15, 0.2) is 11.5 Å². The lowest BCUT2D eigenvalue weighted by Gasteiger charge is -2.18. The average Bonchev–Trinajstić information content (AvgIpc) is 3.36. The van der Waals surface area contributed by atoms with Crippen LogP contribution in [0.25, 0.3) is 10.9 Å². The third-order valence-electron chi connectivity index (χ3n) is 5.03. The number of hydrogen-bond donors (Lipinski definition) is 2. The Morgan fingerprint density at radius 3 is 2.96 bits per heavy atom. The van der Waals surface area contributed by atoms with Crippen LogP contribution in [0.15, 0.2) is 48.7 Å². The number of nitrogens with one attached hydrogen (secondary N) is 2. The molecule has 0 saturated heterocycles. The number of H-pyrrole nitrogens is 1. The average molecular weight is 380 g/mol. The molecule has 0 bridgehead atoms. The molecule has 0 fully saturated rings.